The van der Waals surface area contributed by atoms with Crippen molar-refractivity contribution < 1.29 is 9.53 Å². The molecule has 3 aliphatic heterocycles. The van der Waals surface area contributed by atoms with Gasteiger partial charge in [0.25, 0.3) is 0 Å². The van der Waals surface area contributed by atoms with Gasteiger partial charge >= 0.3 is 0 Å². The number of aryl methyl sites for hydroxylation is 1. The molecular weight excluding hydrogens is 550 g/mol. The lowest BCUT2D eigenvalue weighted by Crippen LogP contribution is -2.55. The van der Waals surface area contributed by atoms with Crippen LogP contribution in [0.15, 0.2) is 54.9 Å². The van der Waals surface area contributed by atoms with E-state index < -0.39 is 0 Å². The number of rotatable bonds is 8. The monoisotopic (exact) mass is 593 g/mol. The van der Waals surface area contributed by atoms with E-state index in [9.17, 15) is 4.79 Å². The highest BCUT2D eigenvalue weighted by atomic mass is 16.5. The van der Waals surface area contributed by atoms with Gasteiger partial charge in [-0.15, -0.1) is 0 Å². The fourth-order valence-electron chi connectivity index (χ4n) is 6.90. The van der Waals surface area contributed by atoms with Crippen LogP contribution in [0.3, 0.4) is 0 Å². The third-order valence-electron chi connectivity index (χ3n) is 9.52. The number of amides is 1. The lowest BCUT2D eigenvalue weighted by atomic mass is 9.86. The maximum atomic E-state index is 13.7. The zero-order valence-electron chi connectivity index (χ0n) is 26.0. The Morgan fingerprint density at radius 2 is 1.68 bits per heavy atom. The summed E-state index contributed by atoms with van der Waals surface area (Å²) in [4.78, 5) is 31.8. The summed E-state index contributed by atoms with van der Waals surface area (Å²) in [7, 11) is 2.10. The van der Waals surface area contributed by atoms with Crippen molar-refractivity contribution in [2.45, 2.75) is 57.7 Å². The number of carbonyl (C=O) groups is 1. The predicted octanol–water partition coefficient (Wildman–Crippen LogP) is 4.22. The molecule has 9 nitrogen and oxygen atoms in total. The zero-order chi connectivity index (χ0) is 30.5. The second-order valence-corrected chi connectivity index (χ2v) is 12.3. The van der Waals surface area contributed by atoms with E-state index >= 15 is 0 Å². The van der Waals surface area contributed by atoms with Crippen molar-refractivity contribution in [1.29, 1.82) is 5.26 Å². The van der Waals surface area contributed by atoms with Crippen LogP contribution in [0.5, 0.6) is 5.88 Å². The van der Waals surface area contributed by atoms with Crippen molar-refractivity contribution in [3.05, 3.63) is 82.8 Å². The predicted molar refractivity (Wildman–Crippen MR) is 170 cm³/mol. The Hall–Kier alpha value is -4.00. The molecular formula is C35H43N7O2. The molecule has 0 bridgehead atoms. The number of piperidine rings is 1. The summed E-state index contributed by atoms with van der Waals surface area (Å²) < 4.78 is 5.42. The van der Waals surface area contributed by atoms with Crippen LogP contribution in [-0.2, 0) is 24.3 Å². The quantitative estimate of drug-likeness (QED) is 0.384. The number of hydrogen-bond acceptors (Lipinski definition) is 8. The Labute approximate surface area is 261 Å². The standard InChI is InChI=1S/C35H43N7O2/c1-3-44-34-23-37-31(22-38-34)25-40-14-12-28(13-15-40)30-9-8-29-10-11-32(39(2)33(29)20-30)35(43)42-18-16-41(17-19-42)24-27-6-4-26(21-36)5-7-27/h4-9,20,22-23,28,32H,3,10-19,24-25H2,1-2H3. The van der Waals surface area contributed by atoms with Gasteiger partial charge in [0, 0.05) is 52.0 Å². The molecule has 1 amide bonds. The van der Waals surface area contributed by atoms with Crippen LogP contribution in [-0.4, -0.2) is 89.5 Å². The van der Waals surface area contributed by atoms with E-state index in [-0.39, 0.29) is 11.9 Å². The van der Waals surface area contributed by atoms with Gasteiger partial charge in [-0.1, -0.05) is 24.3 Å². The highest BCUT2D eigenvalue weighted by Gasteiger charge is 2.34. The average Bonchev–Trinajstić information content (AvgIpc) is 3.07. The van der Waals surface area contributed by atoms with Crippen molar-refractivity contribution in [3.8, 4) is 11.9 Å². The number of likely N-dealkylation sites (N-methyl/N-ethyl adjacent to an activating group) is 1. The first-order valence-electron chi connectivity index (χ1n) is 16.0. The molecule has 1 atom stereocenters. The second kappa shape index (κ2) is 13.7. The number of anilines is 1. The van der Waals surface area contributed by atoms with E-state index in [0.29, 0.717) is 24.0 Å². The largest absolute Gasteiger partial charge is 0.477 e. The molecule has 0 saturated carbocycles. The average molecular weight is 594 g/mol. The summed E-state index contributed by atoms with van der Waals surface area (Å²) in [6.07, 6.45) is 7.57. The molecule has 230 valence electrons. The number of fused-ring (bicyclic) bond motifs is 1. The van der Waals surface area contributed by atoms with Crippen molar-refractivity contribution in [1.82, 2.24) is 24.7 Å². The number of nitrogens with zero attached hydrogens (tertiary/aromatic N) is 7. The molecule has 2 aromatic carbocycles. The number of ether oxygens (including phenoxy) is 1. The molecule has 0 spiro atoms. The summed E-state index contributed by atoms with van der Waals surface area (Å²) in [5.74, 6) is 1.36. The number of likely N-dealkylation sites (tertiary alicyclic amines) is 1. The first kappa shape index (κ1) is 30.0. The summed E-state index contributed by atoms with van der Waals surface area (Å²) in [6.45, 7) is 9.52. The number of nitriles is 1. The van der Waals surface area contributed by atoms with E-state index in [4.69, 9.17) is 10.00 Å². The van der Waals surface area contributed by atoms with Gasteiger partial charge in [-0.3, -0.25) is 19.6 Å². The lowest BCUT2D eigenvalue weighted by Gasteiger charge is -2.41. The first-order valence-corrected chi connectivity index (χ1v) is 16.0. The Morgan fingerprint density at radius 1 is 0.932 bits per heavy atom. The van der Waals surface area contributed by atoms with E-state index in [2.05, 4.69) is 60.9 Å². The summed E-state index contributed by atoms with van der Waals surface area (Å²) >= 11 is 0. The van der Waals surface area contributed by atoms with E-state index in [1.165, 1.54) is 22.4 Å². The van der Waals surface area contributed by atoms with Crippen molar-refractivity contribution in [3.63, 3.8) is 0 Å². The smallest absolute Gasteiger partial charge is 0.245 e. The SMILES string of the molecule is CCOc1cnc(CN2CCC(c3ccc4c(c3)N(C)C(C(=O)N3CCN(Cc5ccc(C#N)cc5)CC3)CC4)CC2)cn1. The van der Waals surface area contributed by atoms with Crippen LogP contribution in [0.1, 0.15) is 60.1 Å². The molecule has 4 heterocycles. The van der Waals surface area contributed by atoms with Gasteiger partial charge in [0.15, 0.2) is 0 Å². The zero-order valence-corrected chi connectivity index (χ0v) is 26.0. The number of piperazine rings is 1. The summed E-state index contributed by atoms with van der Waals surface area (Å²) in [5, 5.41) is 9.04. The topological polar surface area (TPSA) is 88.8 Å². The van der Waals surface area contributed by atoms with E-state index in [1.807, 2.05) is 37.4 Å². The summed E-state index contributed by atoms with van der Waals surface area (Å²) in [6, 6.07) is 16.9. The van der Waals surface area contributed by atoms with Gasteiger partial charge in [0.1, 0.15) is 6.04 Å². The van der Waals surface area contributed by atoms with Gasteiger partial charge in [-0.2, -0.15) is 5.26 Å². The van der Waals surface area contributed by atoms with Crippen molar-refractivity contribution in [2.24, 2.45) is 0 Å². The van der Waals surface area contributed by atoms with E-state index in [0.717, 1.165) is 83.7 Å². The molecule has 3 aromatic rings. The van der Waals surface area contributed by atoms with Crippen molar-refractivity contribution in [2.75, 3.05) is 57.8 Å². The minimum Gasteiger partial charge on any atom is -0.477 e. The van der Waals surface area contributed by atoms with Crippen LogP contribution >= 0.6 is 0 Å². The number of benzene rings is 2. The fourth-order valence-corrected chi connectivity index (χ4v) is 6.90. The third kappa shape index (κ3) is 6.87. The van der Waals surface area contributed by atoms with E-state index in [1.54, 1.807) is 6.20 Å². The highest BCUT2D eigenvalue weighted by molar-refractivity contribution is 5.86. The Morgan fingerprint density at radius 3 is 2.36 bits per heavy atom. The molecule has 1 aromatic heterocycles. The first-order chi connectivity index (χ1) is 21.5. The molecule has 0 N–H and O–H groups in total. The van der Waals surface area contributed by atoms with Crippen LogP contribution in [0.2, 0.25) is 0 Å². The van der Waals surface area contributed by atoms with Gasteiger partial charge < -0.3 is 14.5 Å². The normalized spacial score (nSPS) is 19.8. The van der Waals surface area contributed by atoms with Gasteiger partial charge in [0.2, 0.25) is 11.8 Å². The Kier molecular flexibility index (Phi) is 9.39. The third-order valence-corrected chi connectivity index (χ3v) is 9.52. The second-order valence-electron chi connectivity index (χ2n) is 12.3. The number of carbonyl (C=O) groups excluding carboxylic acids is 1. The van der Waals surface area contributed by atoms with Gasteiger partial charge in [0.05, 0.1) is 36.3 Å². The molecule has 0 radical (unpaired) electrons. The number of aromatic nitrogens is 2. The molecule has 2 fully saturated rings. The Bertz CT molecular complexity index is 1450. The maximum Gasteiger partial charge on any atom is 0.245 e. The van der Waals surface area contributed by atoms with Crippen LogP contribution in [0.4, 0.5) is 5.69 Å². The van der Waals surface area contributed by atoms with Gasteiger partial charge in [-0.05, 0) is 86.5 Å². The fraction of sp³-hybridized carbons (Fsp3) is 0.486. The Balaban J connectivity index is 1.01. The van der Waals surface area contributed by atoms with Crippen LogP contribution in [0, 0.1) is 11.3 Å². The molecule has 9 heteroatoms. The highest BCUT2D eigenvalue weighted by Crippen LogP contribution is 2.36. The van der Waals surface area contributed by atoms with Crippen LogP contribution < -0.4 is 9.64 Å². The minimum absolute atomic E-state index is 0.111. The molecule has 2 saturated heterocycles. The van der Waals surface area contributed by atoms with Crippen LogP contribution in [0.25, 0.3) is 0 Å². The molecule has 0 aliphatic carbocycles. The molecule has 6 rings (SSSR count). The molecule has 3 aliphatic rings. The maximum absolute atomic E-state index is 13.7. The molecule has 44 heavy (non-hydrogen) atoms. The van der Waals surface area contributed by atoms with Crippen molar-refractivity contribution >= 4 is 11.6 Å². The minimum atomic E-state index is -0.111. The van der Waals surface area contributed by atoms with Gasteiger partial charge in [-0.25, -0.2) is 4.98 Å². The lowest BCUT2D eigenvalue weighted by molar-refractivity contribution is -0.134. The summed E-state index contributed by atoms with van der Waals surface area (Å²) in [5.41, 5.74) is 6.83. The molecule has 1 unspecified atom stereocenters. The number of hydrogen-bond donors (Lipinski definition) is 0.